The summed E-state index contributed by atoms with van der Waals surface area (Å²) in [6.45, 7) is 5.61. The number of hydrogen-bond donors (Lipinski definition) is 1. The monoisotopic (exact) mass is 354 g/mol. The fourth-order valence-electron chi connectivity index (χ4n) is 3.35. The average molecular weight is 354 g/mol. The molecular formula is C21H30N4O. The first kappa shape index (κ1) is 18.6. The van der Waals surface area contributed by atoms with Crippen LogP contribution < -0.4 is 5.32 Å². The summed E-state index contributed by atoms with van der Waals surface area (Å²) >= 11 is 0. The second kappa shape index (κ2) is 8.99. The normalized spacial score (nSPS) is 17.3. The standard InChI is InChI=1S/C11H19N3.C10H11NO/c1-10-8-12-11(13(10)2)9-14-6-4-3-5-7-14;12-7-11-10-5-3-9(4-6-10)8-1-2-8/h8H,3-7,9H2,1-2H3;3-8H,1-2H2,(H,11,12). The molecule has 2 aliphatic rings. The fraction of sp³-hybridized carbons (Fsp3) is 0.524. The van der Waals surface area contributed by atoms with Crippen LogP contribution in [0.25, 0.3) is 0 Å². The lowest BCUT2D eigenvalue weighted by Gasteiger charge is -2.25. The summed E-state index contributed by atoms with van der Waals surface area (Å²) in [4.78, 5) is 17.0. The maximum atomic E-state index is 10.1. The number of rotatable bonds is 5. The van der Waals surface area contributed by atoms with Crippen molar-refractivity contribution in [2.75, 3.05) is 18.4 Å². The lowest BCUT2D eigenvalue weighted by atomic mass is 10.1. The summed E-state index contributed by atoms with van der Waals surface area (Å²) in [5, 5.41) is 2.61. The minimum atomic E-state index is 0.701. The highest BCUT2D eigenvalue weighted by Gasteiger charge is 2.22. The van der Waals surface area contributed by atoms with Crippen molar-refractivity contribution >= 4 is 12.1 Å². The lowest BCUT2D eigenvalue weighted by molar-refractivity contribution is -0.105. The number of anilines is 1. The van der Waals surface area contributed by atoms with E-state index in [1.54, 1.807) is 0 Å². The maximum Gasteiger partial charge on any atom is 0.211 e. The number of nitrogens with zero attached hydrogens (tertiary/aromatic N) is 3. The van der Waals surface area contributed by atoms with Crippen molar-refractivity contribution in [1.29, 1.82) is 0 Å². The van der Waals surface area contributed by atoms with Crippen LogP contribution in [0.4, 0.5) is 5.69 Å². The van der Waals surface area contributed by atoms with Gasteiger partial charge in [-0.2, -0.15) is 0 Å². The molecule has 2 heterocycles. The van der Waals surface area contributed by atoms with Gasteiger partial charge in [0.2, 0.25) is 6.41 Å². The number of aromatic nitrogens is 2. The Labute approximate surface area is 156 Å². The van der Waals surface area contributed by atoms with Crippen LogP contribution in [-0.4, -0.2) is 34.0 Å². The van der Waals surface area contributed by atoms with Gasteiger partial charge in [0.05, 0.1) is 6.54 Å². The molecule has 1 aromatic carbocycles. The maximum absolute atomic E-state index is 10.1. The smallest absolute Gasteiger partial charge is 0.211 e. The zero-order chi connectivity index (χ0) is 18.4. The first-order valence-corrected chi connectivity index (χ1v) is 9.67. The van der Waals surface area contributed by atoms with Crippen LogP contribution in [0.1, 0.15) is 55.1 Å². The van der Waals surface area contributed by atoms with Crippen LogP contribution in [0.5, 0.6) is 0 Å². The summed E-state index contributed by atoms with van der Waals surface area (Å²) < 4.78 is 2.19. The fourth-order valence-corrected chi connectivity index (χ4v) is 3.35. The third kappa shape index (κ3) is 5.18. The van der Waals surface area contributed by atoms with Gasteiger partial charge < -0.3 is 9.88 Å². The third-order valence-electron chi connectivity index (χ3n) is 5.32. The Morgan fingerprint density at radius 2 is 1.85 bits per heavy atom. The zero-order valence-corrected chi connectivity index (χ0v) is 15.9. The summed E-state index contributed by atoms with van der Waals surface area (Å²) in [6.07, 6.45) is 9.40. The van der Waals surface area contributed by atoms with Crippen molar-refractivity contribution in [2.24, 2.45) is 7.05 Å². The predicted octanol–water partition coefficient (Wildman–Crippen LogP) is 3.85. The van der Waals surface area contributed by atoms with Gasteiger partial charge in [-0.1, -0.05) is 18.6 Å². The van der Waals surface area contributed by atoms with Gasteiger partial charge in [-0.05, 0) is 69.3 Å². The second-order valence-corrected chi connectivity index (χ2v) is 7.37. The van der Waals surface area contributed by atoms with Gasteiger partial charge in [-0.15, -0.1) is 0 Å². The van der Waals surface area contributed by atoms with E-state index in [2.05, 4.69) is 45.9 Å². The largest absolute Gasteiger partial charge is 0.334 e. The van der Waals surface area contributed by atoms with Gasteiger partial charge in [0.25, 0.3) is 0 Å². The summed E-state index contributed by atoms with van der Waals surface area (Å²) in [5.74, 6) is 1.99. The van der Waals surface area contributed by atoms with E-state index < -0.39 is 0 Å². The molecule has 0 unspecified atom stereocenters. The van der Waals surface area contributed by atoms with Crippen molar-refractivity contribution in [2.45, 2.75) is 51.5 Å². The van der Waals surface area contributed by atoms with Crippen LogP contribution in [-0.2, 0) is 18.4 Å². The molecule has 2 fully saturated rings. The first-order valence-electron chi connectivity index (χ1n) is 9.67. The predicted molar refractivity (Wildman–Crippen MR) is 105 cm³/mol. The van der Waals surface area contributed by atoms with E-state index in [1.165, 1.54) is 62.3 Å². The topological polar surface area (TPSA) is 50.2 Å². The Kier molecular flexibility index (Phi) is 6.45. The molecule has 0 bridgehead atoms. The number of carbonyl (C=O) groups excluding carboxylic acids is 1. The van der Waals surface area contributed by atoms with Crippen molar-refractivity contribution in [3.05, 3.63) is 47.5 Å². The molecule has 0 atom stereocenters. The Morgan fingerprint density at radius 3 is 2.38 bits per heavy atom. The highest BCUT2D eigenvalue weighted by atomic mass is 16.1. The molecule has 5 heteroatoms. The van der Waals surface area contributed by atoms with Crippen LogP contribution >= 0.6 is 0 Å². The Hall–Kier alpha value is -2.14. The number of aryl methyl sites for hydroxylation is 1. The molecule has 1 aliphatic heterocycles. The first-order chi connectivity index (χ1) is 12.7. The van der Waals surface area contributed by atoms with Crippen molar-refractivity contribution in [3.63, 3.8) is 0 Å². The molecular weight excluding hydrogens is 324 g/mol. The number of amides is 1. The van der Waals surface area contributed by atoms with E-state index in [9.17, 15) is 4.79 Å². The molecule has 140 valence electrons. The molecule has 1 aromatic heterocycles. The average Bonchev–Trinajstić information content (AvgIpc) is 3.47. The molecule has 1 amide bonds. The molecule has 1 aliphatic carbocycles. The Morgan fingerprint density at radius 1 is 1.15 bits per heavy atom. The van der Waals surface area contributed by atoms with E-state index in [0.717, 1.165) is 18.2 Å². The number of nitrogens with one attached hydrogen (secondary N) is 1. The molecule has 0 spiro atoms. The van der Waals surface area contributed by atoms with Crippen molar-refractivity contribution < 1.29 is 4.79 Å². The van der Waals surface area contributed by atoms with E-state index in [1.807, 2.05) is 18.3 Å². The highest BCUT2D eigenvalue weighted by molar-refractivity contribution is 5.71. The number of imidazole rings is 1. The molecule has 2 aromatic rings. The molecule has 1 N–H and O–H groups in total. The van der Waals surface area contributed by atoms with Gasteiger partial charge >= 0.3 is 0 Å². The van der Waals surface area contributed by atoms with E-state index >= 15 is 0 Å². The second-order valence-electron chi connectivity index (χ2n) is 7.37. The van der Waals surface area contributed by atoms with Crippen molar-refractivity contribution in [1.82, 2.24) is 14.5 Å². The van der Waals surface area contributed by atoms with Crippen LogP contribution in [0, 0.1) is 6.92 Å². The van der Waals surface area contributed by atoms with E-state index in [0.29, 0.717) is 6.41 Å². The van der Waals surface area contributed by atoms with Crippen molar-refractivity contribution in [3.8, 4) is 0 Å². The van der Waals surface area contributed by atoms with Crippen LogP contribution in [0.2, 0.25) is 0 Å². The molecule has 5 nitrogen and oxygen atoms in total. The summed E-state index contributed by atoms with van der Waals surface area (Å²) in [6, 6.07) is 8.07. The number of piperidine rings is 1. The van der Waals surface area contributed by atoms with E-state index in [4.69, 9.17) is 0 Å². The van der Waals surface area contributed by atoms with Gasteiger partial charge in [-0.25, -0.2) is 4.98 Å². The van der Waals surface area contributed by atoms with Crippen LogP contribution in [0.15, 0.2) is 30.5 Å². The van der Waals surface area contributed by atoms with E-state index in [-0.39, 0.29) is 0 Å². The van der Waals surface area contributed by atoms with Crippen LogP contribution in [0.3, 0.4) is 0 Å². The van der Waals surface area contributed by atoms with Gasteiger partial charge in [0.1, 0.15) is 5.82 Å². The van der Waals surface area contributed by atoms with Gasteiger partial charge in [0, 0.05) is 24.6 Å². The quantitative estimate of drug-likeness (QED) is 0.830. The number of likely N-dealkylation sites (tertiary alicyclic amines) is 1. The van der Waals surface area contributed by atoms with Gasteiger partial charge in [-0.3, -0.25) is 9.69 Å². The zero-order valence-electron chi connectivity index (χ0n) is 15.9. The third-order valence-corrected chi connectivity index (χ3v) is 5.32. The van der Waals surface area contributed by atoms with Gasteiger partial charge in [0.15, 0.2) is 0 Å². The summed E-state index contributed by atoms with van der Waals surface area (Å²) in [7, 11) is 2.10. The number of carbonyl (C=O) groups is 1. The Balaban J connectivity index is 0.000000152. The molecule has 0 radical (unpaired) electrons. The molecule has 1 saturated carbocycles. The SMILES string of the molecule is Cc1cnc(CN2CCCCC2)n1C.O=CNc1ccc(C2CC2)cc1. The number of hydrogen-bond acceptors (Lipinski definition) is 3. The summed E-state index contributed by atoms with van der Waals surface area (Å²) in [5.41, 5.74) is 3.51. The number of benzene rings is 1. The minimum Gasteiger partial charge on any atom is -0.334 e. The molecule has 26 heavy (non-hydrogen) atoms. The highest BCUT2D eigenvalue weighted by Crippen LogP contribution is 2.40. The Bertz CT molecular complexity index is 697. The minimum absolute atomic E-state index is 0.701. The molecule has 4 rings (SSSR count). The molecule has 1 saturated heterocycles. The lowest BCUT2D eigenvalue weighted by Crippen LogP contribution is -2.30.